The first-order chi connectivity index (χ1) is 9.97. The molecule has 1 rings (SSSR count). The van der Waals surface area contributed by atoms with Gasteiger partial charge in [-0.15, -0.1) is 0 Å². The maximum Gasteiger partial charge on any atom is 0.317 e. The predicted octanol–water partition coefficient (Wildman–Crippen LogP) is 2.09. The number of nitrogens with one attached hydrogen (secondary N) is 1. The van der Waals surface area contributed by atoms with Gasteiger partial charge in [0.2, 0.25) is 0 Å². The molecule has 3 atom stereocenters. The highest BCUT2D eigenvalue weighted by Gasteiger charge is 2.38. The van der Waals surface area contributed by atoms with Gasteiger partial charge >= 0.3 is 12.0 Å². The van der Waals surface area contributed by atoms with Crippen LogP contribution in [0, 0.1) is 5.92 Å². The van der Waals surface area contributed by atoms with Crippen LogP contribution in [0.2, 0.25) is 0 Å². The van der Waals surface area contributed by atoms with Crippen LogP contribution in [0.4, 0.5) is 4.79 Å². The Labute approximate surface area is 126 Å². The van der Waals surface area contributed by atoms with Gasteiger partial charge in [0, 0.05) is 13.1 Å². The molecular weight excluding hydrogens is 272 g/mol. The molecule has 6 nitrogen and oxygen atoms in total. The lowest BCUT2D eigenvalue weighted by atomic mass is 10.0. The fraction of sp³-hybridized carbons (Fsp3) is 0.867. The number of urea groups is 1. The monoisotopic (exact) mass is 300 g/mol. The van der Waals surface area contributed by atoms with Crippen molar-refractivity contribution in [3.05, 3.63) is 0 Å². The summed E-state index contributed by atoms with van der Waals surface area (Å²) in [7, 11) is 1.63. The van der Waals surface area contributed by atoms with Crippen molar-refractivity contribution in [2.24, 2.45) is 5.92 Å². The van der Waals surface area contributed by atoms with Crippen molar-refractivity contribution in [2.75, 3.05) is 20.3 Å². The Hall–Kier alpha value is -1.30. The van der Waals surface area contributed by atoms with Crippen molar-refractivity contribution >= 4 is 12.0 Å². The Kier molecular flexibility index (Phi) is 7.50. The van der Waals surface area contributed by atoms with Crippen molar-refractivity contribution in [1.29, 1.82) is 0 Å². The third-order valence-corrected chi connectivity index (χ3v) is 4.05. The van der Waals surface area contributed by atoms with E-state index in [9.17, 15) is 9.59 Å². The number of hydrogen-bond acceptors (Lipinski definition) is 3. The molecule has 1 aliphatic rings. The van der Waals surface area contributed by atoms with Crippen LogP contribution in [-0.4, -0.2) is 54.4 Å². The first-order valence-electron chi connectivity index (χ1n) is 7.81. The first kappa shape index (κ1) is 17.8. The number of likely N-dealkylation sites (N-methyl/N-ethyl adjacent to an activating group) is 1. The second kappa shape index (κ2) is 8.87. The van der Waals surface area contributed by atoms with Gasteiger partial charge in [0.1, 0.15) is 5.92 Å². The van der Waals surface area contributed by atoms with Crippen LogP contribution in [0.5, 0.6) is 0 Å². The molecule has 0 aromatic rings. The maximum atomic E-state index is 12.2. The Balaban J connectivity index is 2.38. The SMILES string of the molecule is CCCCCCC(C)NC(=O)N(C)C1COCC1C(=O)O. The van der Waals surface area contributed by atoms with E-state index in [4.69, 9.17) is 9.84 Å². The number of carbonyl (C=O) groups excluding carboxylic acids is 1. The van der Waals surface area contributed by atoms with Crippen LogP contribution in [0.15, 0.2) is 0 Å². The molecule has 1 heterocycles. The number of unbranched alkanes of at least 4 members (excludes halogenated alkanes) is 3. The molecular formula is C15H28N2O4. The van der Waals surface area contributed by atoms with Crippen LogP contribution in [-0.2, 0) is 9.53 Å². The number of aliphatic carboxylic acids is 1. The number of ether oxygens (including phenoxy) is 1. The zero-order valence-corrected chi connectivity index (χ0v) is 13.3. The van der Waals surface area contributed by atoms with Crippen molar-refractivity contribution in [3.8, 4) is 0 Å². The van der Waals surface area contributed by atoms with Gasteiger partial charge in [0.05, 0.1) is 19.3 Å². The van der Waals surface area contributed by atoms with E-state index in [0.29, 0.717) is 0 Å². The highest BCUT2D eigenvalue weighted by molar-refractivity contribution is 5.77. The lowest BCUT2D eigenvalue weighted by Gasteiger charge is -2.28. The summed E-state index contributed by atoms with van der Waals surface area (Å²) >= 11 is 0. The smallest absolute Gasteiger partial charge is 0.317 e. The molecule has 0 saturated carbocycles. The van der Waals surface area contributed by atoms with E-state index in [2.05, 4.69) is 12.2 Å². The summed E-state index contributed by atoms with van der Waals surface area (Å²) in [5.41, 5.74) is 0. The predicted molar refractivity (Wildman–Crippen MR) is 80.2 cm³/mol. The minimum atomic E-state index is -0.912. The minimum absolute atomic E-state index is 0.0994. The maximum absolute atomic E-state index is 12.2. The van der Waals surface area contributed by atoms with Crippen LogP contribution < -0.4 is 5.32 Å². The molecule has 0 aliphatic carbocycles. The van der Waals surface area contributed by atoms with Crippen molar-refractivity contribution < 1.29 is 19.4 Å². The molecule has 2 amide bonds. The van der Waals surface area contributed by atoms with Crippen molar-refractivity contribution in [1.82, 2.24) is 10.2 Å². The van der Waals surface area contributed by atoms with Gasteiger partial charge in [-0.25, -0.2) is 4.79 Å². The van der Waals surface area contributed by atoms with E-state index in [1.807, 2.05) is 6.92 Å². The molecule has 0 aromatic heterocycles. The van der Waals surface area contributed by atoms with E-state index in [1.54, 1.807) is 7.05 Å². The lowest BCUT2D eigenvalue weighted by molar-refractivity contribution is -0.142. The summed E-state index contributed by atoms with van der Waals surface area (Å²) in [5.74, 6) is -1.55. The van der Waals surface area contributed by atoms with E-state index in [0.717, 1.165) is 12.8 Å². The molecule has 0 radical (unpaired) electrons. The van der Waals surface area contributed by atoms with Crippen molar-refractivity contribution in [3.63, 3.8) is 0 Å². The first-order valence-corrected chi connectivity index (χ1v) is 7.81. The molecule has 6 heteroatoms. The lowest BCUT2D eigenvalue weighted by Crippen LogP contribution is -2.50. The zero-order chi connectivity index (χ0) is 15.8. The number of carbonyl (C=O) groups is 2. The molecule has 122 valence electrons. The fourth-order valence-electron chi connectivity index (χ4n) is 2.57. The zero-order valence-electron chi connectivity index (χ0n) is 13.3. The summed E-state index contributed by atoms with van der Waals surface area (Å²) in [4.78, 5) is 24.8. The minimum Gasteiger partial charge on any atom is -0.481 e. The van der Waals surface area contributed by atoms with Gasteiger partial charge in [-0.2, -0.15) is 0 Å². The highest BCUT2D eigenvalue weighted by atomic mass is 16.5. The number of carboxylic acids is 1. The molecule has 0 bridgehead atoms. The molecule has 0 aromatic carbocycles. The second-order valence-electron chi connectivity index (χ2n) is 5.86. The standard InChI is InChI=1S/C15H28N2O4/c1-4-5-6-7-8-11(2)16-15(20)17(3)13-10-21-9-12(13)14(18)19/h11-13H,4-10H2,1-3H3,(H,16,20)(H,18,19). The van der Waals surface area contributed by atoms with Crippen LogP contribution in [0.1, 0.15) is 46.0 Å². The van der Waals surface area contributed by atoms with E-state index >= 15 is 0 Å². The second-order valence-corrected chi connectivity index (χ2v) is 5.86. The number of rotatable bonds is 8. The number of carboxylic acid groups (broad SMARTS) is 1. The van der Waals surface area contributed by atoms with E-state index < -0.39 is 17.9 Å². The van der Waals surface area contributed by atoms with Gasteiger partial charge in [0.25, 0.3) is 0 Å². The van der Waals surface area contributed by atoms with Gasteiger partial charge in [-0.1, -0.05) is 32.6 Å². The molecule has 0 spiro atoms. The van der Waals surface area contributed by atoms with Crippen LogP contribution in [0.25, 0.3) is 0 Å². The highest BCUT2D eigenvalue weighted by Crippen LogP contribution is 2.19. The number of nitrogens with zero attached hydrogens (tertiary/aromatic N) is 1. The summed E-state index contributed by atoms with van der Waals surface area (Å²) in [5, 5.41) is 12.1. The summed E-state index contributed by atoms with van der Waals surface area (Å²) in [6.07, 6.45) is 5.65. The van der Waals surface area contributed by atoms with Gasteiger partial charge in [0.15, 0.2) is 0 Å². The molecule has 1 saturated heterocycles. The molecule has 1 fully saturated rings. The summed E-state index contributed by atoms with van der Waals surface area (Å²) < 4.78 is 5.20. The molecule has 21 heavy (non-hydrogen) atoms. The van der Waals surface area contributed by atoms with Crippen LogP contribution >= 0.6 is 0 Å². The normalized spacial score (nSPS) is 22.8. The Bertz CT molecular complexity index is 349. The third-order valence-electron chi connectivity index (χ3n) is 4.05. The number of amides is 2. The largest absolute Gasteiger partial charge is 0.481 e. The molecule has 1 aliphatic heterocycles. The van der Waals surface area contributed by atoms with E-state index in [1.165, 1.54) is 24.2 Å². The third kappa shape index (κ3) is 5.53. The summed E-state index contributed by atoms with van der Waals surface area (Å²) in [6.45, 7) is 4.61. The average Bonchev–Trinajstić information content (AvgIpc) is 2.92. The summed E-state index contributed by atoms with van der Waals surface area (Å²) in [6, 6.07) is -0.517. The fourth-order valence-corrected chi connectivity index (χ4v) is 2.57. The van der Waals surface area contributed by atoms with Crippen LogP contribution in [0.3, 0.4) is 0 Å². The molecule has 2 N–H and O–H groups in total. The Morgan fingerprint density at radius 3 is 2.67 bits per heavy atom. The molecule has 3 unspecified atom stereocenters. The van der Waals surface area contributed by atoms with Gasteiger partial charge in [-0.05, 0) is 13.3 Å². The number of hydrogen-bond donors (Lipinski definition) is 2. The Morgan fingerprint density at radius 1 is 1.33 bits per heavy atom. The van der Waals surface area contributed by atoms with Gasteiger partial charge in [-0.3, -0.25) is 4.79 Å². The quantitative estimate of drug-likeness (QED) is 0.673. The topological polar surface area (TPSA) is 78.9 Å². The van der Waals surface area contributed by atoms with E-state index in [-0.39, 0.29) is 25.3 Å². The average molecular weight is 300 g/mol. The van der Waals surface area contributed by atoms with Gasteiger partial charge < -0.3 is 20.1 Å². The van der Waals surface area contributed by atoms with Crippen molar-refractivity contribution in [2.45, 2.75) is 58.0 Å². The Morgan fingerprint density at radius 2 is 2.05 bits per heavy atom.